The van der Waals surface area contributed by atoms with Crippen LogP contribution in [0.4, 0.5) is 0 Å². The second-order valence-electron chi connectivity index (χ2n) is 4.79. The molecular weight excluding hydrogens is 220 g/mol. The first kappa shape index (κ1) is 12.6. The summed E-state index contributed by atoms with van der Waals surface area (Å²) in [7, 11) is 0. The predicted octanol–water partition coefficient (Wildman–Crippen LogP) is 4.12. The van der Waals surface area contributed by atoms with E-state index in [1.54, 1.807) is 0 Å². The number of aryl methyl sites for hydroxylation is 3. The summed E-state index contributed by atoms with van der Waals surface area (Å²) in [4.78, 5) is 12.0. The van der Waals surface area contributed by atoms with Gasteiger partial charge in [-0.2, -0.15) is 0 Å². The maximum absolute atomic E-state index is 12.0. The van der Waals surface area contributed by atoms with E-state index in [1.165, 1.54) is 16.7 Å². The number of ketones is 1. The molecule has 0 fully saturated rings. The molecule has 0 N–H and O–H groups in total. The Bertz CT molecular complexity index is 521. The van der Waals surface area contributed by atoms with Gasteiger partial charge in [0.1, 0.15) is 0 Å². The number of rotatable bonds is 4. The summed E-state index contributed by atoms with van der Waals surface area (Å²) in [6.45, 7) is 4.19. The minimum atomic E-state index is 0.217. The molecule has 1 heteroatoms. The van der Waals surface area contributed by atoms with Gasteiger partial charge in [0.25, 0.3) is 0 Å². The standard InChI is InChI=1S/C17H18O/c1-13-10-14(2)12-15(11-13)8-9-17(18)16-6-4-3-5-7-16/h3-7,10-12H,8-9H2,1-2H3. The Hall–Kier alpha value is -1.89. The zero-order chi connectivity index (χ0) is 13.0. The molecule has 0 aliphatic rings. The van der Waals surface area contributed by atoms with E-state index < -0.39 is 0 Å². The lowest BCUT2D eigenvalue weighted by atomic mass is 10.00. The third-order valence-electron chi connectivity index (χ3n) is 3.02. The molecule has 0 atom stereocenters. The van der Waals surface area contributed by atoms with Crippen molar-refractivity contribution >= 4 is 5.78 Å². The molecule has 0 spiro atoms. The Kier molecular flexibility index (Phi) is 3.93. The van der Waals surface area contributed by atoms with Gasteiger partial charge in [-0.05, 0) is 25.8 Å². The zero-order valence-corrected chi connectivity index (χ0v) is 10.9. The Morgan fingerprint density at radius 1 is 0.944 bits per heavy atom. The van der Waals surface area contributed by atoms with E-state index >= 15 is 0 Å². The van der Waals surface area contributed by atoms with Crippen LogP contribution in [-0.2, 0) is 6.42 Å². The minimum absolute atomic E-state index is 0.217. The first-order valence-electron chi connectivity index (χ1n) is 6.30. The van der Waals surface area contributed by atoms with E-state index in [0.29, 0.717) is 6.42 Å². The third kappa shape index (κ3) is 3.30. The highest BCUT2D eigenvalue weighted by atomic mass is 16.1. The van der Waals surface area contributed by atoms with Crippen LogP contribution in [0, 0.1) is 13.8 Å². The van der Waals surface area contributed by atoms with Gasteiger partial charge in [0, 0.05) is 12.0 Å². The topological polar surface area (TPSA) is 17.1 Å². The fraction of sp³-hybridized carbons (Fsp3) is 0.235. The van der Waals surface area contributed by atoms with Crippen LogP contribution in [0.15, 0.2) is 48.5 Å². The summed E-state index contributed by atoms with van der Waals surface area (Å²) in [5.74, 6) is 0.217. The maximum atomic E-state index is 12.0. The van der Waals surface area contributed by atoms with Crippen molar-refractivity contribution in [2.75, 3.05) is 0 Å². The van der Waals surface area contributed by atoms with E-state index in [2.05, 4.69) is 32.0 Å². The Labute approximate surface area is 108 Å². The Balaban J connectivity index is 2.02. The van der Waals surface area contributed by atoms with Crippen molar-refractivity contribution in [2.24, 2.45) is 0 Å². The van der Waals surface area contributed by atoms with Crippen molar-refractivity contribution in [3.8, 4) is 0 Å². The molecule has 2 aromatic rings. The van der Waals surface area contributed by atoms with E-state index in [4.69, 9.17) is 0 Å². The van der Waals surface area contributed by atoms with Crippen LogP contribution in [0.2, 0.25) is 0 Å². The van der Waals surface area contributed by atoms with Gasteiger partial charge in [0.15, 0.2) is 5.78 Å². The largest absolute Gasteiger partial charge is 0.294 e. The number of carbonyl (C=O) groups is 1. The summed E-state index contributed by atoms with van der Waals surface area (Å²) < 4.78 is 0. The van der Waals surface area contributed by atoms with Crippen LogP contribution in [0.25, 0.3) is 0 Å². The monoisotopic (exact) mass is 238 g/mol. The first-order valence-corrected chi connectivity index (χ1v) is 6.30. The third-order valence-corrected chi connectivity index (χ3v) is 3.02. The summed E-state index contributed by atoms with van der Waals surface area (Å²) in [5.41, 5.74) is 4.58. The number of hydrogen-bond acceptors (Lipinski definition) is 1. The SMILES string of the molecule is Cc1cc(C)cc(CCC(=O)c2ccccc2)c1. The van der Waals surface area contributed by atoms with E-state index in [0.717, 1.165) is 12.0 Å². The summed E-state index contributed by atoms with van der Waals surface area (Å²) in [6.07, 6.45) is 1.39. The van der Waals surface area contributed by atoms with Crippen LogP contribution in [-0.4, -0.2) is 5.78 Å². The summed E-state index contributed by atoms with van der Waals surface area (Å²) in [5, 5.41) is 0. The maximum Gasteiger partial charge on any atom is 0.163 e. The molecule has 0 saturated heterocycles. The van der Waals surface area contributed by atoms with Gasteiger partial charge in [-0.25, -0.2) is 0 Å². The molecule has 92 valence electrons. The molecule has 0 aliphatic carbocycles. The molecule has 18 heavy (non-hydrogen) atoms. The molecule has 0 aromatic heterocycles. The van der Waals surface area contributed by atoms with Crippen LogP contribution < -0.4 is 0 Å². The molecule has 0 amide bonds. The zero-order valence-electron chi connectivity index (χ0n) is 10.9. The van der Waals surface area contributed by atoms with Gasteiger partial charge in [-0.3, -0.25) is 4.79 Å². The second-order valence-corrected chi connectivity index (χ2v) is 4.79. The number of carbonyl (C=O) groups excluding carboxylic acids is 1. The molecule has 2 aromatic carbocycles. The number of Topliss-reactive ketones (excluding diaryl/α,β-unsaturated/α-hetero) is 1. The van der Waals surface area contributed by atoms with Gasteiger partial charge in [0.05, 0.1) is 0 Å². The molecule has 0 unspecified atom stereocenters. The number of benzene rings is 2. The van der Waals surface area contributed by atoms with Gasteiger partial charge < -0.3 is 0 Å². The lowest BCUT2D eigenvalue weighted by Gasteiger charge is -2.05. The smallest absolute Gasteiger partial charge is 0.163 e. The highest BCUT2D eigenvalue weighted by Gasteiger charge is 2.05. The van der Waals surface area contributed by atoms with Gasteiger partial charge in [0.2, 0.25) is 0 Å². The van der Waals surface area contributed by atoms with Crippen LogP contribution in [0.3, 0.4) is 0 Å². The number of hydrogen-bond donors (Lipinski definition) is 0. The molecule has 0 radical (unpaired) electrons. The summed E-state index contributed by atoms with van der Waals surface area (Å²) in [6, 6.07) is 16.0. The lowest BCUT2D eigenvalue weighted by molar-refractivity contribution is 0.0983. The van der Waals surface area contributed by atoms with Gasteiger partial charge in [-0.1, -0.05) is 59.7 Å². The van der Waals surface area contributed by atoms with Crippen molar-refractivity contribution in [3.63, 3.8) is 0 Å². The Morgan fingerprint density at radius 3 is 2.17 bits per heavy atom. The molecule has 0 heterocycles. The van der Waals surface area contributed by atoms with Gasteiger partial charge in [-0.15, -0.1) is 0 Å². The molecule has 1 nitrogen and oxygen atoms in total. The first-order chi connectivity index (χ1) is 8.65. The van der Waals surface area contributed by atoms with E-state index in [1.807, 2.05) is 30.3 Å². The predicted molar refractivity (Wildman–Crippen MR) is 75.0 cm³/mol. The van der Waals surface area contributed by atoms with Crippen molar-refractivity contribution in [3.05, 3.63) is 70.8 Å². The van der Waals surface area contributed by atoms with Crippen molar-refractivity contribution < 1.29 is 4.79 Å². The second kappa shape index (κ2) is 5.63. The summed E-state index contributed by atoms with van der Waals surface area (Å²) >= 11 is 0. The average molecular weight is 238 g/mol. The molecular formula is C17H18O. The quantitative estimate of drug-likeness (QED) is 0.732. The Morgan fingerprint density at radius 2 is 1.56 bits per heavy atom. The molecule has 0 saturated carbocycles. The average Bonchev–Trinajstić information content (AvgIpc) is 2.36. The molecule has 2 rings (SSSR count). The van der Waals surface area contributed by atoms with Crippen LogP contribution >= 0.6 is 0 Å². The minimum Gasteiger partial charge on any atom is -0.294 e. The van der Waals surface area contributed by atoms with Gasteiger partial charge >= 0.3 is 0 Å². The fourth-order valence-corrected chi connectivity index (χ4v) is 2.24. The van der Waals surface area contributed by atoms with Crippen molar-refractivity contribution in [1.82, 2.24) is 0 Å². The van der Waals surface area contributed by atoms with E-state index in [9.17, 15) is 4.79 Å². The van der Waals surface area contributed by atoms with Crippen LogP contribution in [0.5, 0.6) is 0 Å². The van der Waals surface area contributed by atoms with E-state index in [-0.39, 0.29) is 5.78 Å². The molecule has 0 bridgehead atoms. The van der Waals surface area contributed by atoms with Crippen LogP contribution in [0.1, 0.15) is 33.5 Å². The van der Waals surface area contributed by atoms with Crippen molar-refractivity contribution in [2.45, 2.75) is 26.7 Å². The highest BCUT2D eigenvalue weighted by molar-refractivity contribution is 5.96. The highest BCUT2D eigenvalue weighted by Crippen LogP contribution is 2.12. The fourth-order valence-electron chi connectivity index (χ4n) is 2.24. The lowest BCUT2D eigenvalue weighted by Crippen LogP contribution is -2.01. The molecule has 0 aliphatic heterocycles. The van der Waals surface area contributed by atoms with Crippen molar-refractivity contribution in [1.29, 1.82) is 0 Å². The normalized spacial score (nSPS) is 10.3.